The number of fused-ring (bicyclic) bond motifs is 1. The van der Waals surface area contributed by atoms with Gasteiger partial charge in [0.1, 0.15) is 0 Å². The van der Waals surface area contributed by atoms with Crippen molar-refractivity contribution in [3.05, 3.63) is 36.0 Å². The molecule has 1 saturated heterocycles. The first-order valence-electron chi connectivity index (χ1n) is 5.74. The zero-order valence-corrected chi connectivity index (χ0v) is 8.79. The summed E-state index contributed by atoms with van der Waals surface area (Å²) in [6.45, 7) is 1.16. The Morgan fingerprint density at radius 2 is 2.13 bits per heavy atom. The van der Waals surface area contributed by atoms with Crippen LogP contribution in [0.3, 0.4) is 0 Å². The zero-order valence-electron chi connectivity index (χ0n) is 8.79. The molecule has 2 aromatic rings. The summed E-state index contributed by atoms with van der Waals surface area (Å²) in [6, 6.07) is 9.27. The number of rotatable bonds is 1. The lowest BCUT2D eigenvalue weighted by Crippen LogP contribution is -2.26. The van der Waals surface area contributed by atoms with Crippen molar-refractivity contribution in [2.24, 2.45) is 0 Å². The predicted molar refractivity (Wildman–Crippen MR) is 62.9 cm³/mol. The second-order valence-electron chi connectivity index (χ2n) is 4.29. The number of hydrogen-bond acceptors (Lipinski definition) is 1. The van der Waals surface area contributed by atoms with Crippen LogP contribution in [0.4, 0.5) is 0 Å². The highest BCUT2D eigenvalue weighted by atomic mass is 14.9. The molecule has 2 N–H and O–H groups in total. The summed E-state index contributed by atoms with van der Waals surface area (Å²) in [4.78, 5) is 3.27. The molecule has 1 aromatic carbocycles. The first-order valence-corrected chi connectivity index (χ1v) is 5.74. The van der Waals surface area contributed by atoms with Crippen LogP contribution in [0.5, 0.6) is 0 Å². The molecule has 15 heavy (non-hydrogen) atoms. The van der Waals surface area contributed by atoms with Crippen molar-refractivity contribution in [3.63, 3.8) is 0 Å². The molecule has 1 atom stereocenters. The van der Waals surface area contributed by atoms with Crippen molar-refractivity contribution in [2.75, 3.05) is 6.54 Å². The maximum atomic E-state index is 3.60. The molecular weight excluding hydrogens is 184 g/mol. The van der Waals surface area contributed by atoms with E-state index in [1.54, 1.807) is 0 Å². The van der Waals surface area contributed by atoms with E-state index in [2.05, 4.69) is 34.6 Å². The standard InChI is InChI=1S/C13H16N2/c1-2-8-14-12(5-1)10-4-3-6-13-11(10)7-9-15-13/h3-4,6-7,9,12,14-15H,1-2,5,8H2/t12-/m0/s1. The van der Waals surface area contributed by atoms with Crippen LogP contribution in [0, 0.1) is 0 Å². The van der Waals surface area contributed by atoms with Gasteiger partial charge in [-0.3, -0.25) is 0 Å². The van der Waals surface area contributed by atoms with E-state index in [0.717, 1.165) is 6.54 Å². The number of piperidine rings is 1. The van der Waals surface area contributed by atoms with E-state index >= 15 is 0 Å². The molecule has 0 saturated carbocycles. The van der Waals surface area contributed by atoms with Crippen molar-refractivity contribution in [1.29, 1.82) is 0 Å². The topological polar surface area (TPSA) is 27.8 Å². The summed E-state index contributed by atoms with van der Waals surface area (Å²) in [5.41, 5.74) is 2.70. The second-order valence-corrected chi connectivity index (χ2v) is 4.29. The van der Waals surface area contributed by atoms with Crippen LogP contribution < -0.4 is 5.32 Å². The van der Waals surface area contributed by atoms with Crippen molar-refractivity contribution >= 4 is 10.9 Å². The molecule has 78 valence electrons. The van der Waals surface area contributed by atoms with E-state index < -0.39 is 0 Å². The van der Waals surface area contributed by atoms with E-state index in [-0.39, 0.29) is 0 Å². The van der Waals surface area contributed by atoms with Gasteiger partial charge in [0.15, 0.2) is 0 Å². The zero-order chi connectivity index (χ0) is 10.1. The third-order valence-electron chi connectivity index (χ3n) is 3.31. The summed E-state index contributed by atoms with van der Waals surface area (Å²) < 4.78 is 0. The lowest BCUT2D eigenvalue weighted by atomic mass is 9.95. The molecule has 0 amide bonds. The molecule has 2 nitrogen and oxygen atoms in total. The average Bonchev–Trinajstić information content (AvgIpc) is 2.78. The Hall–Kier alpha value is -1.28. The Bertz CT molecular complexity index is 452. The van der Waals surface area contributed by atoms with Crippen LogP contribution in [-0.4, -0.2) is 11.5 Å². The van der Waals surface area contributed by atoms with Gasteiger partial charge in [-0.15, -0.1) is 0 Å². The number of aromatic nitrogens is 1. The minimum atomic E-state index is 0.554. The van der Waals surface area contributed by atoms with E-state index in [9.17, 15) is 0 Å². The van der Waals surface area contributed by atoms with Gasteiger partial charge < -0.3 is 10.3 Å². The van der Waals surface area contributed by atoms with Crippen molar-refractivity contribution < 1.29 is 0 Å². The smallest absolute Gasteiger partial charge is 0.0457 e. The summed E-state index contributed by atoms with van der Waals surface area (Å²) in [7, 11) is 0. The minimum Gasteiger partial charge on any atom is -0.361 e. The molecule has 0 radical (unpaired) electrons. The highest BCUT2D eigenvalue weighted by molar-refractivity contribution is 5.83. The fraction of sp³-hybridized carbons (Fsp3) is 0.385. The summed E-state index contributed by atoms with van der Waals surface area (Å²) >= 11 is 0. The first-order chi connectivity index (χ1) is 7.45. The summed E-state index contributed by atoms with van der Waals surface area (Å²) in [6.07, 6.45) is 5.96. The average molecular weight is 200 g/mol. The summed E-state index contributed by atoms with van der Waals surface area (Å²) in [5, 5.41) is 4.98. The lowest BCUT2D eigenvalue weighted by Gasteiger charge is -2.24. The maximum Gasteiger partial charge on any atom is 0.0457 e. The molecule has 1 aliphatic rings. The van der Waals surface area contributed by atoms with Gasteiger partial charge in [-0.1, -0.05) is 18.6 Å². The third-order valence-corrected chi connectivity index (χ3v) is 3.31. The fourth-order valence-corrected chi connectivity index (χ4v) is 2.53. The van der Waals surface area contributed by atoms with Gasteiger partial charge in [-0.05, 0) is 37.1 Å². The molecule has 1 aliphatic heterocycles. The number of H-pyrrole nitrogens is 1. The molecule has 0 aliphatic carbocycles. The van der Waals surface area contributed by atoms with Crippen LogP contribution in [-0.2, 0) is 0 Å². The largest absolute Gasteiger partial charge is 0.361 e. The quantitative estimate of drug-likeness (QED) is 0.727. The molecule has 1 fully saturated rings. The molecule has 2 heteroatoms. The van der Waals surface area contributed by atoms with E-state index in [0.29, 0.717) is 6.04 Å². The van der Waals surface area contributed by atoms with Gasteiger partial charge in [0.25, 0.3) is 0 Å². The molecular formula is C13H16N2. The van der Waals surface area contributed by atoms with Crippen LogP contribution in [0.25, 0.3) is 10.9 Å². The highest BCUT2D eigenvalue weighted by Crippen LogP contribution is 2.28. The SMILES string of the molecule is c1cc([C@@H]2CCCCN2)c2cc[nH]c2c1. The molecule has 1 aromatic heterocycles. The van der Waals surface area contributed by atoms with Crippen molar-refractivity contribution in [1.82, 2.24) is 10.3 Å². The first kappa shape index (κ1) is 8.98. The Morgan fingerprint density at radius 3 is 3.00 bits per heavy atom. The van der Waals surface area contributed by atoms with Crippen molar-refractivity contribution in [2.45, 2.75) is 25.3 Å². The Kier molecular flexibility index (Phi) is 2.22. The summed E-state index contributed by atoms with van der Waals surface area (Å²) in [5.74, 6) is 0. The van der Waals surface area contributed by atoms with Gasteiger partial charge in [0.2, 0.25) is 0 Å². The van der Waals surface area contributed by atoms with Gasteiger partial charge in [-0.25, -0.2) is 0 Å². The normalized spacial score (nSPS) is 22.0. The highest BCUT2D eigenvalue weighted by Gasteiger charge is 2.16. The molecule has 0 spiro atoms. The number of benzene rings is 1. The van der Waals surface area contributed by atoms with Gasteiger partial charge in [0.05, 0.1) is 0 Å². The van der Waals surface area contributed by atoms with Gasteiger partial charge in [-0.2, -0.15) is 0 Å². The lowest BCUT2D eigenvalue weighted by molar-refractivity contribution is 0.414. The Balaban J connectivity index is 2.05. The van der Waals surface area contributed by atoms with Crippen LogP contribution >= 0.6 is 0 Å². The second kappa shape index (κ2) is 3.70. The van der Waals surface area contributed by atoms with E-state index in [4.69, 9.17) is 0 Å². The number of aromatic amines is 1. The monoisotopic (exact) mass is 200 g/mol. The maximum absolute atomic E-state index is 3.60. The van der Waals surface area contributed by atoms with E-state index in [1.165, 1.54) is 35.7 Å². The molecule has 2 heterocycles. The number of nitrogens with one attached hydrogen (secondary N) is 2. The van der Waals surface area contributed by atoms with Crippen molar-refractivity contribution in [3.8, 4) is 0 Å². The van der Waals surface area contributed by atoms with Crippen LogP contribution in [0.1, 0.15) is 30.9 Å². The van der Waals surface area contributed by atoms with Gasteiger partial charge in [0, 0.05) is 23.1 Å². The Morgan fingerprint density at radius 1 is 1.13 bits per heavy atom. The van der Waals surface area contributed by atoms with E-state index in [1.807, 2.05) is 6.20 Å². The van der Waals surface area contributed by atoms with Crippen LogP contribution in [0.2, 0.25) is 0 Å². The number of hydrogen-bond donors (Lipinski definition) is 2. The third kappa shape index (κ3) is 1.55. The van der Waals surface area contributed by atoms with Crippen LogP contribution in [0.15, 0.2) is 30.5 Å². The fourth-order valence-electron chi connectivity index (χ4n) is 2.53. The minimum absolute atomic E-state index is 0.554. The predicted octanol–water partition coefficient (Wildman–Crippen LogP) is 2.98. The Labute approximate surface area is 89.7 Å². The molecule has 0 unspecified atom stereocenters. The molecule has 3 rings (SSSR count). The van der Waals surface area contributed by atoms with Gasteiger partial charge >= 0.3 is 0 Å². The molecule has 0 bridgehead atoms.